The van der Waals surface area contributed by atoms with Gasteiger partial charge in [0.15, 0.2) is 0 Å². The van der Waals surface area contributed by atoms with E-state index in [1.54, 1.807) is 24.3 Å². The Balaban J connectivity index is 1.68. The number of benzene rings is 1. The molecule has 1 aliphatic rings. The molecular formula is C19H25N3O5S. The molecular weight excluding hydrogens is 382 g/mol. The van der Waals surface area contributed by atoms with Gasteiger partial charge in [-0.2, -0.15) is 0 Å². The molecule has 8 nitrogen and oxygen atoms in total. The molecule has 2 rings (SSSR count). The number of carbonyl (C=O) groups is 2. The minimum absolute atomic E-state index is 0.105. The zero-order chi connectivity index (χ0) is 20.6. The Hall–Kier alpha value is -2.57. The molecule has 0 bridgehead atoms. The van der Waals surface area contributed by atoms with Crippen molar-refractivity contribution in [3.8, 4) is 17.6 Å². The van der Waals surface area contributed by atoms with E-state index in [1.807, 2.05) is 0 Å². The van der Waals surface area contributed by atoms with E-state index in [0.29, 0.717) is 37.4 Å². The first kappa shape index (κ1) is 21.7. The summed E-state index contributed by atoms with van der Waals surface area (Å²) in [6.45, 7) is 2.54. The molecule has 1 fully saturated rings. The Kier molecular flexibility index (Phi) is 7.84. The lowest BCUT2D eigenvalue weighted by Crippen LogP contribution is -2.42. The molecule has 2 N–H and O–H groups in total. The molecule has 152 valence electrons. The van der Waals surface area contributed by atoms with Gasteiger partial charge in [-0.05, 0) is 25.0 Å². The van der Waals surface area contributed by atoms with Gasteiger partial charge in [0, 0.05) is 37.7 Å². The van der Waals surface area contributed by atoms with Crippen molar-refractivity contribution in [1.82, 2.24) is 9.62 Å². The van der Waals surface area contributed by atoms with Crippen molar-refractivity contribution in [3.63, 3.8) is 0 Å². The second-order valence-corrected chi connectivity index (χ2v) is 8.49. The molecule has 0 atom stereocenters. The Morgan fingerprint density at radius 3 is 2.61 bits per heavy atom. The van der Waals surface area contributed by atoms with E-state index < -0.39 is 10.0 Å². The van der Waals surface area contributed by atoms with E-state index in [1.165, 1.54) is 17.5 Å². The molecule has 0 radical (unpaired) electrons. The quantitative estimate of drug-likeness (QED) is 0.679. The Labute approximate surface area is 165 Å². The maximum Gasteiger partial charge on any atom is 0.223 e. The Morgan fingerprint density at radius 2 is 1.96 bits per heavy atom. The molecule has 28 heavy (non-hydrogen) atoms. The molecule has 0 saturated carbocycles. The van der Waals surface area contributed by atoms with Gasteiger partial charge in [-0.3, -0.25) is 9.59 Å². The van der Waals surface area contributed by atoms with Gasteiger partial charge in [0.05, 0.1) is 12.8 Å². The SMILES string of the molecule is CC(=O)Nc1cccc(OCC#CCNC(=O)C2CCN(S(C)(=O)=O)CC2)c1. The van der Waals surface area contributed by atoms with E-state index in [2.05, 4.69) is 22.5 Å². The van der Waals surface area contributed by atoms with Crippen LogP contribution in [-0.4, -0.2) is 57.0 Å². The molecule has 0 spiro atoms. The summed E-state index contributed by atoms with van der Waals surface area (Å²) in [5.41, 5.74) is 0.646. The molecule has 0 aromatic heterocycles. The molecule has 1 heterocycles. The molecule has 0 unspecified atom stereocenters. The minimum atomic E-state index is -3.19. The summed E-state index contributed by atoms with van der Waals surface area (Å²) < 4.78 is 29.9. The molecule has 1 aromatic carbocycles. The number of sulfonamides is 1. The van der Waals surface area contributed by atoms with Crippen molar-refractivity contribution in [2.75, 3.05) is 37.8 Å². The maximum absolute atomic E-state index is 12.1. The van der Waals surface area contributed by atoms with Crippen LogP contribution in [0.15, 0.2) is 24.3 Å². The second kappa shape index (κ2) is 10.1. The predicted octanol–water partition coefficient (Wildman–Crippen LogP) is 0.815. The summed E-state index contributed by atoms with van der Waals surface area (Å²) in [5, 5.41) is 5.42. The first-order chi connectivity index (χ1) is 13.3. The molecule has 2 amide bonds. The zero-order valence-corrected chi connectivity index (χ0v) is 16.8. The van der Waals surface area contributed by atoms with Crippen LogP contribution in [0.3, 0.4) is 0 Å². The van der Waals surface area contributed by atoms with E-state index in [0.717, 1.165) is 0 Å². The van der Waals surface area contributed by atoms with Crippen LogP contribution in [0.4, 0.5) is 5.69 Å². The monoisotopic (exact) mass is 407 g/mol. The summed E-state index contributed by atoms with van der Waals surface area (Å²) in [4.78, 5) is 23.2. The highest BCUT2D eigenvalue weighted by Crippen LogP contribution is 2.19. The highest BCUT2D eigenvalue weighted by atomic mass is 32.2. The standard InChI is InChI=1S/C19H25N3O5S/c1-15(23)21-17-6-5-7-18(14-17)27-13-4-3-10-20-19(24)16-8-11-22(12-9-16)28(2,25)26/h5-7,14,16H,8-13H2,1-2H3,(H,20,24)(H,21,23). The summed E-state index contributed by atoms with van der Waals surface area (Å²) in [5.74, 6) is 5.78. The number of nitrogens with one attached hydrogen (secondary N) is 2. The fraction of sp³-hybridized carbons (Fsp3) is 0.474. The van der Waals surface area contributed by atoms with Gasteiger partial charge in [0.2, 0.25) is 21.8 Å². The summed E-state index contributed by atoms with van der Waals surface area (Å²) in [7, 11) is -3.19. The normalized spacial score (nSPS) is 15.2. The lowest BCUT2D eigenvalue weighted by molar-refractivity contribution is -0.125. The van der Waals surface area contributed by atoms with Gasteiger partial charge in [-0.25, -0.2) is 12.7 Å². The number of amides is 2. The van der Waals surface area contributed by atoms with Crippen LogP contribution in [0, 0.1) is 17.8 Å². The van der Waals surface area contributed by atoms with Crippen molar-refractivity contribution in [3.05, 3.63) is 24.3 Å². The molecule has 0 aliphatic carbocycles. The smallest absolute Gasteiger partial charge is 0.223 e. The van der Waals surface area contributed by atoms with Crippen molar-refractivity contribution < 1.29 is 22.7 Å². The second-order valence-electron chi connectivity index (χ2n) is 6.51. The lowest BCUT2D eigenvalue weighted by Gasteiger charge is -2.29. The first-order valence-electron chi connectivity index (χ1n) is 8.94. The van der Waals surface area contributed by atoms with E-state index in [-0.39, 0.29) is 30.9 Å². The van der Waals surface area contributed by atoms with Gasteiger partial charge < -0.3 is 15.4 Å². The van der Waals surface area contributed by atoms with Crippen LogP contribution in [0.1, 0.15) is 19.8 Å². The lowest BCUT2D eigenvalue weighted by atomic mass is 9.97. The maximum atomic E-state index is 12.1. The summed E-state index contributed by atoms with van der Waals surface area (Å²) in [6, 6.07) is 6.99. The molecule has 1 aromatic rings. The average molecular weight is 407 g/mol. The highest BCUT2D eigenvalue weighted by Gasteiger charge is 2.28. The topological polar surface area (TPSA) is 105 Å². The van der Waals surface area contributed by atoms with Gasteiger partial charge in [-0.1, -0.05) is 17.9 Å². The molecule has 9 heteroatoms. The average Bonchev–Trinajstić information content (AvgIpc) is 2.63. The number of piperidine rings is 1. The van der Waals surface area contributed by atoms with Crippen LogP contribution in [0.5, 0.6) is 5.75 Å². The Bertz CT molecular complexity index is 865. The van der Waals surface area contributed by atoms with Crippen LogP contribution in [-0.2, 0) is 19.6 Å². The zero-order valence-electron chi connectivity index (χ0n) is 16.0. The number of ether oxygens (including phenoxy) is 1. The van der Waals surface area contributed by atoms with Gasteiger partial charge in [0.25, 0.3) is 0 Å². The number of anilines is 1. The van der Waals surface area contributed by atoms with Crippen LogP contribution < -0.4 is 15.4 Å². The third kappa shape index (κ3) is 7.21. The fourth-order valence-electron chi connectivity index (χ4n) is 2.83. The first-order valence-corrected chi connectivity index (χ1v) is 10.8. The summed E-state index contributed by atoms with van der Waals surface area (Å²) >= 11 is 0. The van der Waals surface area contributed by atoms with Crippen LogP contribution >= 0.6 is 0 Å². The summed E-state index contributed by atoms with van der Waals surface area (Å²) in [6.07, 6.45) is 2.21. The van der Waals surface area contributed by atoms with Crippen molar-refractivity contribution in [1.29, 1.82) is 0 Å². The number of hydrogen-bond donors (Lipinski definition) is 2. The predicted molar refractivity (Wildman–Crippen MR) is 106 cm³/mol. The molecule has 1 aliphatic heterocycles. The van der Waals surface area contributed by atoms with E-state index in [4.69, 9.17) is 4.74 Å². The largest absolute Gasteiger partial charge is 0.481 e. The number of nitrogens with zero attached hydrogens (tertiary/aromatic N) is 1. The highest BCUT2D eigenvalue weighted by molar-refractivity contribution is 7.88. The van der Waals surface area contributed by atoms with E-state index >= 15 is 0 Å². The number of rotatable bonds is 6. The third-order valence-corrected chi connectivity index (χ3v) is 5.54. The van der Waals surface area contributed by atoms with Crippen molar-refractivity contribution >= 4 is 27.5 Å². The minimum Gasteiger partial charge on any atom is -0.481 e. The fourth-order valence-corrected chi connectivity index (χ4v) is 3.70. The van der Waals surface area contributed by atoms with Crippen molar-refractivity contribution in [2.24, 2.45) is 5.92 Å². The number of carbonyl (C=O) groups excluding carboxylic acids is 2. The van der Waals surface area contributed by atoms with Crippen LogP contribution in [0.25, 0.3) is 0 Å². The van der Waals surface area contributed by atoms with Gasteiger partial charge >= 0.3 is 0 Å². The van der Waals surface area contributed by atoms with Crippen LogP contribution in [0.2, 0.25) is 0 Å². The molecule has 1 saturated heterocycles. The van der Waals surface area contributed by atoms with Gasteiger partial charge in [0.1, 0.15) is 12.4 Å². The third-order valence-electron chi connectivity index (χ3n) is 4.24. The number of hydrogen-bond acceptors (Lipinski definition) is 5. The van der Waals surface area contributed by atoms with E-state index in [9.17, 15) is 18.0 Å². The van der Waals surface area contributed by atoms with Crippen molar-refractivity contribution in [2.45, 2.75) is 19.8 Å². The Morgan fingerprint density at radius 1 is 1.25 bits per heavy atom. The van der Waals surface area contributed by atoms with Gasteiger partial charge in [-0.15, -0.1) is 0 Å².